The van der Waals surface area contributed by atoms with Crippen LogP contribution in [0, 0.1) is 23.7 Å². The summed E-state index contributed by atoms with van der Waals surface area (Å²) in [6.07, 6.45) is 4.19. The lowest BCUT2D eigenvalue weighted by Crippen LogP contribution is -2.30. The van der Waals surface area contributed by atoms with Gasteiger partial charge in [-0.25, -0.2) is 0 Å². The highest BCUT2D eigenvalue weighted by Gasteiger charge is 2.55. The zero-order valence-corrected chi connectivity index (χ0v) is 7.36. The Balaban J connectivity index is 1.99. The Kier molecular flexibility index (Phi) is 1.35. The molecular formula is C10H12O3. The van der Waals surface area contributed by atoms with Crippen LogP contribution in [0.25, 0.3) is 0 Å². The van der Waals surface area contributed by atoms with Gasteiger partial charge in [-0.2, -0.15) is 0 Å². The van der Waals surface area contributed by atoms with E-state index in [0.29, 0.717) is 11.8 Å². The molecule has 3 fully saturated rings. The van der Waals surface area contributed by atoms with E-state index in [-0.39, 0.29) is 23.8 Å². The van der Waals surface area contributed by atoms with Crippen molar-refractivity contribution in [3.63, 3.8) is 0 Å². The van der Waals surface area contributed by atoms with Gasteiger partial charge in [0.1, 0.15) is 0 Å². The third-order valence-electron chi connectivity index (χ3n) is 3.97. The van der Waals surface area contributed by atoms with E-state index in [4.69, 9.17) is 4.74 Å². The van der Waals surface area contributed by atoms with E-state index in [9.17, 15) is 9.59 Å². The molecule has 70 valence electrons. The molecule has 4 unspecified atom stereocenters. The third-order valence-corrected chi connectivity index (χ3v) is 3.97. The summed E-state index contributed by atoms with van der Waals surface area (Å²) in [5, 5.41) is 0. The Morgan fingerprint density at radius 3 is 2.08 bits per heavy atom. The lowest BCUT2D eigenvalue weighted by atomic mass is 9.91. The van der Waals surface area contributed by atoms with Crippen LogP contribution in [-0.4, -0.2) is 11.9 Å². The van der Waals surface area contributed by atoms with Gasteiger partial charge in [0.05, 0.1) is 11.8 Å². The number of carbonyl (C=O) groups excluding carboxylic acids is 2. The van der Waals surface area contributed by atoms with E-state index in [1.54, 1.807) is 0 Å². The molecule has 3 nitrogen and oxygen atoms in total. The molecule has 0 aromatic carbocycles. The molecule has 2 aliphatic carbocycles. The summed E-state index contributed by atoms with van der Waals surface area (Å²) in [6.45, 7) is 0. The van der Waals surface area contributed by atoms with Crippen LogP contribution in [0.15, 0.2) is 0 Å². The first-order valence-corrected chi connectivity index (χ1v) is 5.03. The molecule has 0 N–H and O–H groups in total. The first-order chi connectivity index (χ1) is 6.27. The van der Waals surface area contributed by atoms with Crippen LogP contribution in [-0.2, 0) is 14.3 Å². The van der Waals surface area contributed by atoms with Gasteiger partial charge in [-0.3, -0.25) is 9.59 Å². The fraction of sp³-hybridized carbons (Fsp3) is 0.800. The average molecular weight is 180 g/mol. The fourth-order valence-electron chi connectivity index (χ4n) is 3.43. The lowest BCUT2D eigenvalue weighted by Gasteiger charge is -2.18. The largest absolute Gasteiger partial charge is 0.393 e. The van der Waals surface area contributed by atoms with Crippen molar-refractivity contribution in [2.75, 3.05) is 0 Å². The molecule has 3 rings (SSSR count). The van der Waals surface area contributed by atoms with Crippen molar-refractivity contribution in [2.24, 2.45) is 23.7 Å². The first kappa shape index (κ1) is 7.54. The normalized spacial score (nSPS) is 47.7. The second-order valence-electron chi connectivity index (χ2n) is 4.45. The van der Waals surface area contributed by atoms with E-state index in [0.717, 1.165) is 19.3 Å². The zero-order chi connectivity index (χ0) is 9.00. The maximum Gasteiger partial charge on any atom is 0.316 e. The summed E-state index contributed by atoms with van der Waals surface area (Å²) in [5.41, 5.74) is 0. The van der Waals surface area contributed by atoms with Gasteiger partial charge in [-0.15, -0.1) is 0 Å². The summed E-state index contributed by atoms with van der Waals surface area (Å²) in [6, 6.07) is 0. The molecule has 2 saturated carbocycles. The van der Waals surface area contributed by atoms with Crippen LogP contribution in [0.5, 0.6) is 0 Å². The number of rotatable bonds is 0. The maximum absolute atomic E-state index is 11.4. The molecule has 0 aromatic rings. The molecule has 0 amide bonds. The zero-order valence-electron chi connectivity index (χ0n) is 7.36. The predicted molar refractivity (Wildman–Crippen MR) is 43.5 cm³/mol. The van der Waals surface area contributed by atoms with Crippen LogP contribution < -0.4 is 0 Å². The first-order valence-electron chi connectivity index (χ1n) is 5.03. The second-order valence-corrected chi connectivity index (χ2v) is 4.45. The van der Waals surface area contributed by atoms with Gasteiger partial charge in [-0.1, -0.05) is 6.42 Å². The quantitative estimate of drug-likeness (QED) is 0.414. The number of ether oxygens (including phenoxy) is 1. The highest BCUT2D eigenvalue weighted by atomic mass is 16.6. The topological polar surface area (TPSA) is 43.4 Å². The van der Waals surface area contributed by atoms with Crippen molar-refractivity contribution in [3.8, 4) is 0 Å². The number of hydrogen-bond donors (Lipinski definition) is 0. The molecule has 3 heteroatoms. The van der Waals surface area contributed by atoms with E-state index >= 15 is 0 Å². The molecule has 13 heavy (non-hydrogen) atoms. The highest BCUT2D eigenvalue weighted by molar-refractivity contribution is 5.92. The monoisotopic (exact) mass is 180 g/mol. The summed E-state index contributed by atoms with van der Waals surface area (Å²) < 4.78 is 4.73. The second kappa shape index (κ2) is 2.34. The molecule has 3 aliphatic rings. The van der Waals surface area contributed by atoms with E-state index in [1.165, 1.54) is 6.42 Å². The Morgan fingerprint density at radius 1 is 1.00 bits per heavy atom. The van der Waals surface area contributed by atoms with E-state index in [2.05, 4.69) is 0 Å². The molecule has 1 heterocycles. The minimum Gasteiger partial charge on any atom is -0.393 e. The van der Waals surface area contributed by atoms with Crippen molar-refractivity contribution < 1.29 is 14.3 Å². The number of fused-ring (bicyclic) bond motifs is 5. The molecule has 0 radical (unpaired) electrons. The molecule has 0 spiro atoms. The summed E-state index contributed by atoms with van der Waals surface area (Å²) in [4.78, 5) is 22.7. The molecular weight excluding hydrogens is 168 g/mol. The maximum atomic E-state index is 11.4. The van der Waals surface area contributed by atoms with Crippen LogP contribution in [0.2, 0.25) is 0 Å². The van der Waals surface area contributed by atoms with Crippen molar-refractivity contribution in [1.29, 1.82) is 0 Å². The lowest BCUT2D eigenvalue weighted by molar-refractivity contribution is -0.169. The van der Waals surface area contributed by atoms with Crippen molar-refractivity contribution >= 4 is 11.9 Å². The molecule has 2 bridgehead atoms. The molecule has 1 saturated heterocycles. The minimum absolute atomic E-state index is 0.0511. The van der Waals surface area contributed by atoms with Gasteiger partial charge in [0.15, 0.2) is 0 Å². The van der Waals surface area contributed by atoms with Crippen molar-refractivity contribution in [3.05, 3.63) is 0 Å². The smallest absolute Gasteiger partial charge is 0.316 e. The van der Waals surface area contributed by atoms with Crippen LogP contribution in [0.4, 0.5) is 0 Å². The van der Waals surface area contributed by atoms with E-state index in [1.807, 2.05) is 0 Å². The SMILES string of the molecule is O=C1OC(=O)C2CC1C1CCCC21. The fourth-order valence-corrected chi connectivity index (χ4v) is 3.43. The molecule has 4 atom stereocenters. The number of hydrogen-bond acceptors (Lipinski definition) is 3. The van der Waals surface area contributed by atoms with Crippen molar-refractivity contribution in [2.45, 2.75) is 25.7 Å². The van der Waals surface area contributed by atoms with Gasteiger partial charge in [0, 0.05) is 0 Å². The third kappa shape index (κ3) is 0.847. The molecule has 1 aliphatic heterocycles. The predicted octanol–water partition coefficient (Wildman–Crippen LogP) is 1.12. The number of esters is 2. The van der Waals surface area contributed by atoms with Crippen molar-refractivity contribution in [1.82, 2.24) is 0 Å². The average Bonchev–Trinajstić information content (AvgIpc) is 2.58. The van der Waals surface area contributed by atoms with Gasteiger partial charge in [0.2, 0.25) is 0 Å². The van der Waals surface area contributed by atoms with Gasteiger partial charge >= 0.3 is 11.9 Å². The van der Waals surface area contributed by atoms with E-state index < -0.39 is 0 Å². The summed E-state index contributed by atoms with van der Waals surface area (Å²) >= 11 is 0. The Morgan fingerprint density at radius 2 is 1.54 bits per heavy atom. The van der Waals surface area contributed by atoms with Crippen LogP contribution in [0.3, 0.4) is 0 Å². The Labute approximate surface area is 76.4 Å². The van der Waals surface area contributed by atoms with Crippen LogP contribution in [0.1, 0.15) is 25.7 Å². The summed E-state index contributed by atoms with van der Waals surface area (Å²) in [7, 11) is 0. The minimum atomic E-state index is -0.254. The number of cyclic esters (lactones) is 2. The summed E-state index contributed by atoms with van der Waals surface area (Å²) in [5.74, 6) is 0.518. The van der Waals surface area contributed by atoms with Gasteiger partial charge in [-0.05, 0) is 31.1 Å². The standard InChI is InChI=1S/C10H12O3/c11-9-7-4-8(10(12)13-9)6-3-1-2-5(6)7/h5-8H,1-4H2. The van der Waals surface area contributed by atoms with Crippen LogP contribution >= 0.6 is 0 Å². The Bertz CT molecular complexity index is 258. The Hall–Kier alpha value is -0.860. The van der Waals surface area contributed by atoms with Gasteiger partial charge < -0.3 is 4.74 Å². The highest BCUT2D eigenvalue weighted by Crippen LogP contribution is 2.53. The molecule has 0 aromatic heterocycles. The van der Waals surface area contributed by atoms with Gasteiger partial charge in [0.25, 0.3) is 0 Å². The number of carbonyl (C=O) groups is 2.